The van der Waals surface area contributed by atoms with Gasteiger partial charge in [0.1, 0.15) is 0 Å². The predicted octanol–water partition coefficient (Wildman–Crippen LogP) is 2.63. The number of benzene rings is 1. The topological polar surface area (TPSA) is 29.3 Å². The van der Waals surface area contributed by atoms with Gasteiger partial charge in [-0.15, -0.1) is 0 Å². The summed E-state index contributed by atoms with van der Waals surface area (Å²) in [5.41, 5.74) is 6.02. The van der Waals surface area contributed by atoms with Crippen LogP contribution in [-0.4, -0.2) is 19.1 Å². The first-order valence-corrected chi connectivity index (χ1v) is 5.64. The van der Waals surface area contributed by atoms with Gasteiger partial charge in [-0.25, -0.2) is 0 Å². The van der Waals surface area contributed by atoms with Crippen molar-refractivity contribution < 1.29 is 13.2 Å². The smallest absolute Gasteiger partial charge is 0.371 e. The molecule has 17 heavy (non-hydrogen) atoms. The van der Waals surface area contributed by atoms with Gasteiger partial charge in [0.2, 0.25) is 0 Å². The molecule has 5 heteroatoms. The van der Waals surface area contributed by atoms with Gasteiger partial charge < -0.3 is 10.6 Å². The lowest BCUT2D eigenvalue weighted by molar-refractivity contribution is -0.137. The zero-order valence-electron chi connectivity index (χ0n) is 9.37. The van der Waals surface area contributed by atoms with Gasteiger partial charge in [-0.05, 0) is 37.1 Å². The number of alkyl halides is 3. The molecule has 0 aliphatic carbocycles. The van der Waals surface area contributed by atoms with E-state index in [1.54, 1.807) is 0 Å². The van der Waals surface area contributed by atoms with E-state index in [0.29, 0.717) is 0 Å². The number of nitrogens with two attached hydrogens (primary N) is 1. The fraction of sp³-hybridized carbons (Fsp3) is 0.500. The van der Waals surface area contributed by atoms with Crippen molar-refractivity contribution in [2.75, 3.05) is 18.0 Å². The van der Waals surface area contributed by atoms with Crippen LogP contribution >= 0.6 is 0 Å². The van der Waals surface area contributed by atoms with Crippen LogP contribution in [0.1, 0.15) is 18.4 Å². The summed E-state index contributed by atoms with van der Waals surface area (Å²) in [5.74, 6) is 0. The summed E-state index contributed by atoms with van der Waals surface area (Å²) in [6.07, 6.45) is -2.48. The fourth-order valence-corrected chi connectivity index (χ4v) is 2.02. The number of nitrogens with zero attached hydrogens (tertiary/aromatic N) is 1. The lowest BCUT2D eigenvalue weighted by Gasteiger charge is -2.32. The van der Waals surface area contributed by atoms with Crippen molar-refractivity contribution >= 4 is 5.69 Å². The first-order chi connectivity index (χ1) is 7.97. The maximum Gasteiger partial charge on any atom is 0.416 e. The molecule has 0 amide bonds. The van der Waals surface area contributed by atoms with E-state index in [1.165, 1.54) is 12.1 Å². The second-order valence-corrected chi connectivity index (χ2v) is 4.37. The SMILES string of the molecule is NC1CCN(c2ccc(C(F)(F)F)cc2)CC1. The molecule has 1 aliphatic heterocycles. The van der Waals surface area contributed by atoms with E-state index in [2.05, 4.69) is 4.90 Å². The van der Waals surface area contributed by atoms with E-state index in [9.17, 15) is 13.2 Å². The highest BCUT2D eigenvalue weighted by atomic mass is 19.4. The van der Waals surface area contributed by atoms with Crippen molar-refractivity contribution in [2.24, 2.45) is 5.73 Å². The molecule has 2 N–H and O–H groups in total. The summed E-state index contributed by atoms with van der Waals surface area (Å²) in [4.78, 5) is 2.07. The molecule has 94 valence electrons. The van der Waals surface area contributed by atoms with E-state index < -0.39 is 11.7 Å². The summed E-state index contributed by atoms with van der Waals surface area (Å²) in [7, 11) is 0. The van der Waals surface area contributed by atoms with Gasteiger partial charge in [0.15, 0.2) is 0 Å². The maximum atomic E-state index is 12.4. The first kappa shape index (κ1) is 12.2. The molecule has 1 aromatic rings. The van der Waals surface area contributed by atoms with Crippen LogP contribution in [0.3, 0.4) is 0 Å². The molecule has 0 radical (unpaired) electrons. The average molecular weight is 244 g/mol. The van der Waals surface area contributed by atoms with Gasteiger partial charge in [0, 0.05) is 24.8 Å². The molecular weight excluding hydrogens is 229 g/mol. The van der Waals surface area contributed by atoms with Crippen LogP contribution < -0.4 is 10.6 Å². The molecule has 1 aliphatic rings. The quantitative estimate of drug-likeness (QED) is 0.822. The number of anilines is 1. The van der Waals surface area contributed by atoms with Crippen molar-refractivity contribution in [3.8, 4) is 0 Å². The lowest BCUT2D eigenvalue weighted by Crippen LogP contribution is -2.39. The molecule has 0 saturated carbocycles. The van der Waals surface area contributed by atoms with Crippen LogP contribution in [0.25, 0.3) is 0 Å². The van der Waals surface area contributed by atoms with Gasteiger partial charge in [-0.3, -0.25) is 0 Å². The van der Waals surface area contributed by atoms with Gasteiger partial charge in [-0.1, -0.05) is 0 Å². The first-order valence-electron chi connectivity index (χ1n) is 5.64. The summed E-state index contributed by atoms with van der Waals surface area (Å²) >= 11 is 0. The minimum Gasteiger partial charge on any atom is -0.371 e. The highest BCUT2D eigenvalue weighted by Crippen LogP contribution is 2.30. The fourth-order valence-electron chi connectivity index (χ4n) is 2.02. The Morgan fingerprint density at radius 3 is 2.06 bits per heavy atom. The van der Waals surface area contributed by atoms with Gasteiger partial charge in [-0.2, -0.15) is 13.2 Å². The maximum absolute atomic E-state index is 12.4. The molecule has 0 unspecified atom stereocenters. The highest BCUT2D eigenvalue weighted by Gasteiger charge is 2.30. The lowest BCUT2D eigenvalue weighted by atomic mass is 10.1. The van der Waals surface area contributed by atoms with Crippen molar-refractivity contribution in [1.29, 1.82) is 0 Å². The molecule has 1 saturated heterocycles. The van der Waals surface area contributed by atoms with Crippen LogP contribution in [0.2, 0.25) is 0 Å². The molecule has 1 heterocycles. The summed E-state index contributed by atoms with van der Waals surface area (Å²) in [6, 6.07) is 5.54. The second-order valence-electron chi connectivity index (χ2n) is 4.37. The minimum atomic E-state index is -4.26. The van der Waals surface area contributed by atoms with Gasteiger partial charge in [0.05, 0.1) is 5.56 Å². The zero-order valence-corrected chi connectivity index (χ0v) is 9.37. The van der Waals surface area contributed by atoms with Gasteiger partial charge >= 0.3 is 6.18 Å². The standard InChI is InChI=1S/C12H15F3N2/c13-12(14,15)9-1-3-11(4-2-9)17-7-5-10(16)6-8-17/h1-4,10H,5-8,16H2. The van der Waals surface area contributed by atoms with Gasteiger partial charge in [0.25, 0.3) is 0 Å². The average Bonchev–Trinajstić information content (AvgIpc) is 2.29. The molecular formula is C12H15F3N2. The summed E-state index contributed by atoms with van der Waals surface area (Å²) < 4.78 is 37.1. The largest absolute Gasteiger partial charge is 0.416 e. The Balaban J connectivity index is 2.08. The minimum absolute atomic E-state index is 0.223. The molecule has 1 fully saturated rings. The highest BCUT2D eigenvalue weighted by molar-refractivity contribution is 5.48. The summed E-state index contributed by atoms with van der Waals surface area (Å²) in [6.45, 7) is 1.62. The Morgan fingerprint density at radius 1 is 1.06 bits per heavy atom. The van der Waals surface area contributed by atoms with Crippen LogP contribution in [0.5, 0.6) is 0 Å². The third kappa shape index (κ3) is 2.91. The molecule has 2 rings (SSSR count). The number of halogens is 3. The second kappa shape index (κ2) is 4.56. The third-order valence-corrected chi connectivity index (χ3v) is 3.10. The van der Waals surface area contributed by atoms with E-state index in [-0.39, 0.29) is 6.04 Å². The normalized spacial score (nSPS) is 18.5. The Morgan fingerprint density at radius 2 is 1.59 bits per heavy atom. The Labute approximate surface area is 98.2 Å². The number of piperidine rings is 1. The van der Waals surface area contributed by atoms with Crippen molar-refractivity contribution in [2.45, 2.75) is 25.1 Å². The number of hydrogen-bond acceptors (Lipinski definition) is 2. The van der Waals surface area contributed by atoms with Crippen LogP contribution in [-0.2, 0) is 6.18 Å². The predicted molar refractivity (Wildman–Crippen MR) is 60.9 cm³/mol. The van der Waals surface area contributed by atoms with Crippen molar-refractivity contribution in [1.82, 2.24) is 0 Å². The Kier molecular flexibility index (Phi) is 3.28. The molecule has 0 aromatic heterocycles. The number of hydrogen-bond donors (Lipinski definition) is 1. The van der Waals surface area contributed by atoms with E-state index in [4.69, 9.17) is 5.73 Å². The van der Waals surface area contributed by atoms with Crippen LogP contribution in [0.15, 0.2) is 24.3 Å². The zero-order chi connectivity index (χ0) is 12.5. The van der Waals surface area contributed by atoms with Crippen molar-refractivity contribution in [3.63, 3.8) is 0 Å². The molecule has 2 nitrogen and oxygen atoms in total. The molecule has 0 spiro atoms. The van der Waals surface area contributed by atoms with Crippen molar-refractivity contribution in [3.05, 3.63) is 29.8 Å². The Bertz CT molecular complexity index is 364. The molecule has 0 bridgehead atoms. The van der Waals surface area contributed by atoms with Crippen LogP contribution in [0, 0.1) is 0 Å². The Hall–Kier alpha value is -1.23. The van der Waals surface area contributed by atoms with E-state index in [0.717, 1.165) is 43.8 Å². The number of rotatable bonds is 1. The summed E-state index contributed by atoms with van der Waals surface area (Å²) in [5, 5.41) is 0. The third-order valence-electron chi connectivity index (χ3n) is 3.10. The molecule has 1 aromatic carbocycles. The van der Waals surface area contributed by atoms with E-state index >= 15 is 0 Å². The monoisotopic (exact) mass is 244 g/mol. The van der Waals surface area contributed by atoms with E-state index in [1.807, 2.05) is 0 Å². The van der Waals surface area contributed by atoms with Crippen LogP contribution in [0.4, 0.5) is 18.9 Å². The molecule has 0 atom stereocenters.